The summed E-state index contributed by atoms with van der Waals surface area (Å²) in [5.74, 6) is -0.110. The van der Waals surface area contributed by atoms with Crippen LogP contribution in [0.2, 0.25) is 0 Å². The summed E-state index contributed by atoms with van der Waals surface area (Å²) in [6.07, 6.45) is 7.11. The van der Waals surface area contributed by atoms with Gasteiger partial charge in [-0.1, -0.05) is 24.3 Å². The highest BCUT2D eigenvalue weighted by Gasteiger charge is 2.12. The minimum Gasteiger partial charge on any atom is -0.348 e. The van der Waals surface area contributed by atoms with Crippen LogP contribution < -0.4 is 5.32 Å². The summed E-state index contributed by atoms with van der Waals surface area (Å²) in [6, 6.07) is 13.6. The molecule has 3 heterocycles. The fraction of sp³-hybridized carbons (Fsp3) is 0.105. The number of nitrogens with one attached hydrogen (secondary N) is 2. The average Bonchev–Trinajstić information content (AvgIpc) is 3.31. The zero-order valence-corrected chi connectivity index (χ0v) is 13.5. The number of rotatable bonds is 5. The maximum absolute atomic E-state index is 12.6. The number of carbonyl (C=O) groups excluding carboxylic acids is 1. The monoisotopic (exact) mass is 331 g/mol. The van der Waals surface area contributed by atoms with Gasteiger partial charge in [0.2, 0.25) is 0 Å². The lowest BCUT2D eigenvalue weighted by Gasteiger charge is -2.11. The van der Waals surface area contributed by atoms with Gasteiger partial charge in [-0.15, -0.1) is 0 Å². The van der Waals surface area contributed by atoms with Crippen LogP contribution in [0.1, 0.15) is 21.5 Å². The lowest BCUT2D eigenvalue weighted by atomic mass is 10.1. The number of aromatic amines is 1. The van der Waals surface area contributed by atoms with Gasteiger partial charge in [0.15, 0.2) is 0 Å². The lowest BCUT2D eigenvalue weighted by Crippen LogP contribution is -2.24. The predicted molar refractivity (Wildman–Crippen MR) is 95.0 cm³/mol. The molecule has 0 saturated carbocycles. The number of benzene rings is 1. The van der Waals surface area contributed by atoms with Gasteiger partial charge in [-0.3, -0.25) is 9.48 Å². The van der Waals surface area contributed by atoms with Crippen molar-refractivity contribution < 1.29 is 4.79 Å². The fourth-order valence-corrected chi connectivity index (χ4v) is 2.88. The zero-order valence-electron chi connectivity index (χ0n) is 13.5. The van der Waals surface area contributed by atoms with Crippen molar-refractivity contribution >= 4 is 16.9 Å². The number of nitrogens with zero attached hydrogens (tertiary/aromatic N) is 3. The molecule has 2 N–H and O–H groups in total. The van der Waals surface area contributed by atoms with Crippen molar-refractivity contribution in [1.29, 1.82) is 0 Å². The van der Waals surface area contributed by atoms with E-state index in [0.717, 1.165) is 16.5 Å². The summed E-state index contributed by atoms with van der Waals surface area (Å²) in [7, 11) is 0. The van der Waals surface area contributed by atoms with Crippen LogP contribution in [0.25, 0.3) is 11.0 Å². The summed E-state index contributed by atoms with van der Waals surface area (Å²) in [5.41, 5.74) is 3.54. The highest BCUT2D eigenvalue weighted by molar-refractivity contribution is 6.05. The second kappa shape index (κ2) is 6.60. The van der Waals surface area contributed by atoms with E-state index >= 15 is 0 Å². The Morgan fingerprint density at radius 1 is 1.08 bits per heavy atom. The first-order valence-electron chi connectivity index (χ1n) is 8.06. The molecule has 124 valence electrons. The minimum absolute atomic E-state index is 0.110. The molecule has 4 aromatic rings. The Morgan fingerprint density at radius 3 is 2.80 bits per heavy atom. The van der Waals surface area contributed by atoms with Crippen molar-refractivity contribution in [3.63, 3.8) is 0 Å². The first-order chi connectivity index (χ1) is 12.3. The second-order valence-electron chi connectivity index (χ2n) is 5.75. The summed E-state index contributed by atoms with van der Waals surface area (Å²) < 4.78 is 1.87. The molecule has 0 saturated heterocycles. The van der Waals surface area contributed by atoms with E-state index in [1.165, 1.54) is 0 Å². The van der Waals surface area contributed by atoms with E-state index in [0.29, 0.717) is 24.3 Å². The molecular formula is C19H17N5O. The number of H-pyrrole nitrogens is 1. The van der Waals surface area contributed by atoms with Gasteiger partial charge in [-0.2, -0.15) is 5.10 Å². The van der Waals surface area contributed by atoms with Crippen LogP contribution in [-0.4, -0.2) is 25.7 Å². The molecule has 4 rings (SSSR count). The van der Waals surface area contributed by atoms with Crippen LogP contribution in [0.5, 0.6) is 0 Å². The van der Waals surface area contributed by atoms with Crippen molar-refractivity contribution in [3.8, 4) is 0 Å². The van der Waals surface area contributed by atoms with Crippen LogP contribution in [0.3, 0.4) is 0 Å². The Hall–Kier alpha value is -3.41. The topological polar surface area (TPSA) is 75.6 Å². The molecule has 3 aromatic heterocycles. The Morgan fingerprint density at radius 2 is 1.96 bits per heavy atom. The molecular weight excluding hydrogens is 314 g/mol. The van der Waals surface area contributed by atoms with E-state index in [-0.39, 0.29) is 5.91 Å². The highest BCUT2D eigenvalue weighted by Crippen LogP contribution is 2.16. The molecule has 0 spiro atoms. The SMILES string of the molecule is O=C(NCc1ccccc1Cn1cccn1)c1ccnc2[nH]ccc12. The molecule has 1 amide bonds. The van der Waals surface area contributed by atoms with Gasteiger partial charge in [0.25, 0.3) is 5.91 Å². The van der Waals surface area contributed by atoms with Gasteiger partial charge in [0.1, 0.15) is 5.65 Å². The number of pyridine rings is 1. The van der Waals surface area contributed by atoms with Crippen LogP contribution in [0.4, 0.5) is 0 Å². The molecule has 0 aliphatic heterocycles. The van der Waals surface area contributed by atoms with Crippen molar-refractivity contribution in [2.45, 2.75) is 13.1 Å². The number of aromatic nitrogens is 4. The minimum atomic E-state index is -0.110. The molecule has 0 aliphatic rings. The lowest BCUT2D eigenvalue weighted by molar-refractivity contribution is 0.0952. The van der Waals surface area contributed by atoms with E-state index in [2.05, 4.69) is 26.4 Å². The number of hydrogen-bond donors (Lipinski definition) is 2. The van der Waals surface area contributed by atoms with E-state index in [4.69, 9.17) is 0 Å². The van der Waals surface area contributed by atoms with Crippen molar-refractivity contribution in [1.82, 2.24) is 25.1 Å². The summed E-state index contributed by atoms with van der Waals surface area (Å²) in [4.78, 5) is 19.8. The molecule has 1 aromatic carbocycles. The normalized spacial score (nSPS) is 10.9. The van der Waals surface area contributed by atoms with Gasteiger partial charge in [0, 0.05) is 36.7 Å². The standard InChI is InChI=1S/C19H17N5O/c25-19(17-7-10-21-18-16(17)6-9-20-18)22-12-14-4-1-2-5-15(14)13-24-11-3-8-23-24/h1-11H,12-13H2,(H,20,21)(H,22,25). The Labute approximate surface area is 144 Å². The van der Waals surface area contributed by atoms with E-state index in [9.17, 15) is 4.79 Å². The first kappa shape index (κ1) is 15.1. The average molecular weight is 331 g/mol. The number of hydrogen-bond acceptors (Lipinski definition) is 3. The quantitative estimate of drug-likeness (QED) is 0.590. The van der Waals surface area contributed by atoms with Crippen molar-refractivity contribution in [3.05, 3.63) is 83.9 Å². The molecule has 6 nitrogen and oxygen atoms in total. The van der Waals surface area contributed by atoms with Crippen LogP contribution in [0, 0.1) is 0 Å². The van der Waals surface area contributed by atoms with E-state index in [1.54, 1.807) is 24.7 Å². The van der Waals surface area contributed by atoms with Crippen LogP contribution in [-0.2, 0) is 13.1 Å². The fourth-order valence-electron chi connectivity index (χ4n) is 2.88. The first-order valence-corrected chi connectivity index (χ1v) is 8.06. The Balaban J connectivity index is 1.52. The summed E-state index contributed by atoms with van der Waals surface area (Å²) in [6.45, 7) is 1.14. The number of amides is 1. The summed E-state index contributed by atoms with van der Waals surface area (Å²) >= 11 is 0. The molecule has 0 unspecified atom stereocenters. The number of carbonyl (C=O) groups is 1. The second-order valence-corrected chi connectivity index (χ2v) is 5.75. The van der Waals surface area contributed by atoms with Gasteiger partial charge < -0.3 is 10.3 Å². The third-order valence-electron chi connectivity index (χ3n) is 4.15. The number of fused-ring (bicyclic) bond motifs is 1. The Bertz CT molecular complexity index is 1000. The summed E-state index contributed by atoms with van der Waals surface area (Å²) in [5, 5.41) is 8.07. The third-order valence-corrected chi connectivity index (χ3v) is 4.15. The highest BCUT2D eigenvalue weighted by atomic mass is 16.1. The van der Waals surface area contributed by atoms with Crippen molar-refractivity contribution in [2.24, 2.45) is 0 Å². The van der Waals surface area contributed by atoms with Gasteiger partial charge in [-0.05, 0) is 29.3 Å². The molecule has 0 aliphatic carbocycles. The molecule has 0 radical (unpaired) electrons. The zero-order chi connectivity index (χ0) is 17.1. The van der Waals surface area contributed by atoms with Gasteiger partial charge in [-0.25, -0.2) is 4.98 Å². The smallest absolute Gasteiger partial charge is 0.252 e. The van der Waals surface area contributed by atoms with Gasteiger partial charge >= 0.3 is 0 Å². The molecule has 0 bridgehead atoms. The predicted octanol–water partition coefficient (Wildman–Crippen LogP) is 2.74. The largest absolute Gasteiger partial charge is 0.348 e. The van der Waals surface area contributed by atoms with Gasteiger partial charge in [0.05, 0.1) is 12.1 Å². The van der Waals surface area contributed by atoms with Crippen LogP contribution >= 0.6 is 0 Å². The maximum atomic E-state index is 12.6. The van der Waals surface area contributed by atoms with E-state index < -0.39 is 0 Å². The van der Waals surface area contributed by atoms with Crippen LogP contribution in [0.15, 0.2) is 67.3 Å². The van der Waals surface area contributed by atoms with Crippen molar-refractivity contribution in [2.75, 3.05) is 0 Å². The Kier molecular flexibility index (Phi) is 4.00. The molecule has 0 fully saturated rings. The third kappa shape index (κ3) is 3.14. The molecule has 0 atom stereocenters. The molecule has 25 heavy (non-hydrogen) atoms. The maximum Gasteiger partial charge on any atom is 0.252 e. The molecule has 6 heteroatoms. The van der Waals surface area contributed by atoms with E-state index in [1.807, 2.05) is 41.2 Å².